The maximum absolute atomic E-state index is 2.41. The molecule has 52 valence electrons. The third-order valence-electron chi connectivity index (χ3n) is 1.14. The van der Waals surface area contributed by atoms with E-state index in [0.717, 1.165) is 0 Å². The zero-order valence-corrected chi connectivity index (χ0v) is 7.26. The van der Waals surface area contributed by atoms with Crippen LogP contribution in [0.4, 0.5) is 4.70 Å². The number of hydrogen-bond acceptors (Lipinski definition) is 0. The molecular weight excluding hydrogens is 119 g/mol. The topological polar surface area (TPSA) is 0 Å². The lowest BCUT2D eigenvalue weighted by atomic mass is 10.4. The van der Waals surface area contributed by atoms with E-state index in [1.807, 2.05) is 0 Å². The molecular formula is C6H17FSi. The van der Waals surface area contributed by atoms with E-state index >= 15 is 0 Å². The van der Waals surface area contributed by atoms with E-state index in [1.54, 1.807) is 0 Å². The van der Waals surface area contributed by atoms with E-state index in [2.05, 4.69) is 20.0 Å². The lowest BCUT2D eigenvalue weighted by Gasteiger charge is -1.97. The van der Waals surface area contributed by atoms with Gasteiger partial charge in [-0.15, -0.1) is 0 Å². The Morgan fingerprint density at radius 3 is 1.88 bits per heavy atom. The molecule has 0 saturated heterocycles. The average Bonchev–Trinajstić information content (AvgIpc) is 1.61. The molecule has 2 heteroatoms. The first-order valence-corrected chi connectivity index (χ1v) is 6.40. The van der Waals surface area contributed by atoms with E-state index in [0.29, 0.717) is 0 Å². The van der Waals surface area contributed by atoms with E-state index in [1.165, 1.54) is 18.9 Å². The van der Waals surface area contributed by atoms with E-state index in [4.69, 9.17) is 0 Å². The van der Waals surface area contributed by atoms with Crippen LogP contribution in [0.15, 0.2) is 0 Å². The van der Waals surface area contributed by atoms with E-state index in [9.17, 15) is 0 Å². The molecule has 0 unspecified atom stereocenters. The summed E-state index contributed by atoms with van der Waals surface area (Å²) in [5, 5.41) is 0. The summed E-state index contributed by atoms with van der Waals surface area (Å²) >= 11 is 0. The largest absolute Gasteiger partial charge is 0.269 e. The Morgan fingerprint density at radius 1 is 1.25 bits per heavy atom. The lowest BCUT2D eigenvalue weighted by molar-refractivity contribution is 0.875. The fraction of sp³-hybridized carbons (Fsp3) is 1.00. The van der Waals surface area contributed by atoms with Crippen LogP contribution in [0.3, 0.4) is 0 Å². The lowest BCUT2D eigenvalue weighted by Crippen LogP contribution is -1.96. The van der Waals surface area contributed by atoms with Gasteiger partial charge < -0.3 is 0 Å². The predicted octanol–water partition coefficient (Wildman–Crippen LogP) is 2.43. The summed E-state index contributed by atoms with van der Waals surface area (Å²) in [5.41, 5.74) is 0. The normalized spacial score (nSPS) is 9.00. The molecule has 0 aromatic carbocycles. The van der Waals surface area contributed by atoms with Crippen molar-refractivity contribution in [1.82, 2.24) is 0 Å². The maximum Gasteiger partial charge on any atom is 0.0305 e. The van der Waals surface area contributed by atoms with Crippen LogP contribution in [0.2, 0.25) is 19.1 Å². The SMILES string of the molecule is CCCC[SiH](C)C.F. The van der Waals surface area contributed by atoms with Gasteiger partial charge in [-0.25, -0.2) is 0 Å². The van der Waals surface area contributed by atoms with Gasteiger partial charge in [0.05, 0.1) is 0 Å². The monoisotopic (exact) mass is 136 g/mol. The molecule has 0 fully saturated rings. The first kappa shape index (κ1) is 11.0. The highest BCUT2D eigenvalue weighted by Crippen LogP contribution is 1.98. The van der Waals surface area contributed by atoms with Gasteiger partial charge in [0.25, 0.3) is 0 Å². The minimum atomic E-state index is -0.188. The predicted molar refractivity (Wildman–Crippen MR) is 41.1 cm³/mol. The molecule has 0 N–H and O–H groups in total. The van der Waals surface area contributed by atoms with Gasteiger partial charge in [-0.3, -0.25) is 4.70 Å². The van der Waals surface area contributed by atoms with Gasteiger partial charge in [0.2, 0.25) is 0 Å². The van der Waals surface area contributed by atoms with Gasteiger partial charge >= 0.3 is 0 Å². The van der Waals surface area contributed by atoms with Gasteiger partial charge in [-0.1, -0.05) is 38.9 Å². The highest BCUT2D eigenvalue weighted by atomic mass is 28.3. The van der Waals surface area contributed by atoms with Crippen LogP contribution in [0.1, 0.15) is 19.8 Å². The van der Waals surface area contributed by atoms with Gasteiger partial charge in [-0.2, -0.15) is 0 Å². The summed E-state index contributed by atoms with van der Waals surface area (Å²) in [5.74, 6) is 0. The molecule has 0 spiro atoms. The molecule has 8 heavy (non-hydrogen) atoms. The second-order valence-corrected chi connectivity index (χ2v) is 5.90. The van der Waals surface area contributed by atoms with Crippen LogP contribution >= 0.6 is 0 Å². The number of halogens is 1. The number of unbranched alkanes of at least 4 members (excludes halogenated alkanes) is 1. The second kappa shape index (κ2) is 7.15. The Bertz CT molecular complexity index is 37.5. The summed E-state index contributed by atoms with van der Waals surface area (Å²) in [6, 6.07) is 1.54. The van der Waals surface area contributed by atoms with Crippen LogP contribution in [-0.4, -0.2) is 8.80 Å². The Balaban J connectivity index is 0. The van der Waals surface area contributed by atoms with Crippen LogP contribution in [0.5, 0.6) is 0 Å². The van der Waals surface area contributed by atoms with Crippen LogP contribution < -0.4 is 0 Å². The van der Waals surface area contributed by atoms with Gasteiger partial charge in [-0.05, 0) is 0 Å². The molecule has 0 aliphatic heterocycles. The van der Waals surface area contributed by atoms with Crippen molar-refractivity contribution < 1.29 is 4.70 Å². The molecule has 0 atom stereocenters. The van der Waals surface area contributed by atoms with Crippen molar-refractivity contribution in [3.8, 4) is 0 Å². The summed E-state index contributed by atoms with van der Waals surface area (Å²) < 4.78 is 0. The van der Waals surface area contributed by atoms with Gasteiger partial charge in [0, 0.05) is 8.80 Å². The van der Waals surface area contributed by atoms with Crippen molar-refractivity contribution in [2.75, 3.05) is 0 Å². The molecule has 0 nitrogen and oxygen atoms in total. The van der Waals surface area contributed by atoms with Crippen molar-refractivity contribution in [3.63, 3.8) is 0 Å². The minimum Gasteiger partial charge on any atom is -0.269 e. The smallest absolute Gasteiger partial charge is 0.0305 e. The summed E-state index contributed by atoms with van der Waals surface area (Å²) in [4.78, 5) is 0. The Morgan fingerprint density at radius 2 is 1.75 bits per heavy atom. The molecule has 0 heterocycles. The first-order valence-electron chi connectivity index (χ1n) is 3.27. The molecule has 0 radical (unpaired) electrons. The van der Waals surface area contributed by atoms with Crippen LogP contribution in [0, 0.1) is 0 Å². The number of hydrogen-bond donors (Lipinski definition) is 0. The quantitative estimate of drug-likeness (QED) is 0.523. The third kappa shape index (κ3) is 9.47. The van der Waals surface area contributed by atoms with Crippen molar-refractivity contribution in [2.45, 2.75) is 38.9 Å². The van der Waals surface area contributed by atoms with Gasteiger partial charge in [0.15, 0.2) is 0 Å². The summed E-state index contributed by atoms with van der Waals surface area (Å²) in [7, 11) is -0.188. The Kier molecular flexibility index (Phi) is 9.84. The fourth-order valence-corrected chi connectivity index (χ4v) is 1.84. The number of rotatable bonds is 3. The summed E-state index contributed by atoms with van der Waals surface area (Å²) in [6.45, 7) is 7.09. The second-order valence-electron chi connectivity index (χ2n) is 2.54. The average molecular weight is 136 g/mol. The molecule has 0 bridgehead atoms. The first-order chi connectivity index (χ1) is 3.27. The third-order valence-corrected chi connectivity index (χ3v) is 2.70. The van der Waals surface area contributed by atoms with Crippen LogP contribution in [-0.2, 0) is 0 Å². The van der Waals surface area contributed by atoms with Gasteiger partial charge in [0.1, 0.15) is 0 Å². The Hall–Kier alpha value is 0.147. The van der Waals surface area contributed by atoms with E-state index in [-0.39, 0.29) is 13.5 Å². The van der Waals surface area contributed by atoms with Crippen molar-refractivity contribution >= 4 is 8.80 Å². The molecule has 0 aromatic rings. The van der Waals surface area contributed by atoms with Crippen molar-refractivity contribution in [3.05, 3.63) is 0 Å². The standard InChI is InChI=1S/C6H16Si.FH/c1-4-5-6-7(2)3;/h7H,4-6H2,1-3H3;1H. The fourth-order valence-electron chi connectivity index (χ4n) is 0.612. The molecule has 0 aliphatic carbocycles. The summed E-state index contributed by atoms with van der Waals surface area (Å²) in [6.07, 6.45) is 2.84. The Labute approximate surface area is 53.3 Å². The van der Waals surface area contributed by atoms with Crippen molar-refractivity contribution in [1.29, 1.82) is 0 Å². The zero-order chi connectivity index (χ0) is 5.70. The molecule has 0 aromatic heterocycles. The minimum absolute atomic E-state index is 0. The van der Waals surface area contributed by atoms with Crippen molar-refractivity contribution in [2.24, 2.45) is 0 Å². The molecule has 0 rings (SSSR count). The van der Waals surface area contributed by atoms with Crippen LogP contribution in [0.25, 0.3) is 0 Å². The highest BCUT2D eigenvalue weighted by molar-refractivity contribution is 6.55. The highest BCUT2D eigenvalue weighted by Gasteiger charge is 1.90. The molecule has 0 saturated carbocycles. The molecule has 0 amide bonds. The maximum atomic E-state index is 2.41. The van der Waals surface area contributed by atoms with E-state index < -0.39 is 0 Å². The zero-order valence-electron chi connectivity index (χ0n) is 6.11. The molecule has 0 aliphatic rings.